The summed E-state index contributed by atoms with van der Waals surface area (Å²) in [7, 11) is 5.41. The molecule has 134 valence electrons. The van der Waals surface area contributed by atoms with Gasteiger partial charge in [-0.15, -0.1) is 0 Å². The van der Waals surface area contributed by atoms with Crippen LogP contribution in [0.3, 0.4) is 0 Å². The van der Waals surface area contributed by atoms with Crippen LogP contribution in [0.2, 0.25) is 0 Å². The van der Waals surface area contributed by atoms with Crippen molar-refractivity contribution in [2.45, 2.75) is 38.8 Å². The van der Waals surface area contributed by atoms with Gasteiger partial charge in [-0.1, -0.05) is 0 Å². The minimum atomic E-state index is -0.275. The van der Waals surface area contributed by atoms with Crippen LogP contribution in [-0.2, 0) is 19.1 Å². The molecule has 0 aliphatic carbocycles. The molecular weight excluding hydrogens is 316 g/mol. The lowest BCUT2D eigenvalue weighted by molar-refractivity contribution is 0.0818. The fourth-order valence-corrected chi connectivity index (χ4v) is 3.45. The minimum Gasteiger partial charge on any atom is -0.343 e. The van der Waals surface area contributed by atoms with E-state index in [4.69, 9.17) is 0 Å². The zero-order valence-electron chi connectivity index (χ0n) is 15.7. The highest BCUT2D eigenvalue weighted by atomic mass is 16.2. The summed E-state index contributed by atoms with van der Waals surface area (Å²) in [6.45, 7) is 5.88. The fraction of sp³-hybridized carbons (Fsp3) is 0.556. The van der Waals surface area contributed by atoms with E-state index >= 15 is 0 Å². The van der Waals surface area contributed by atoms with Gasteiger partial charge in [0, 0.05) is 45.1 Å². The molecular formula is C18H26N6O. The summed E-state index contributed by atoms with van der Waals surface area (Å²) < 4.78 is 1.82. The molecule has 0 unspecified atom stereocenters. The van der Waals surface area contributed by atoms with Crippen molar-refractivity contribution in [2.75, 3.05) is 20.6 Å². The molecule has 0 aromatic carbocycles. The van der Waals surface area contributed by atoms with Gasteiger partial charge in [-0.2, -0.15) is 5.10 Å². The maximum Gasteiger partial charge on any atom is 0.272 e. The summed E-state index contributed by atoms with van der Waals surface area (Å²) in [5.74, 6) is 0.645. The normalized spacial score (nSPS) is 20.8. The number of nitrogens with zero attached hydrogens (tertiary/aromatic N) is 6. The Morgan fingerprint density at radius 2 is 2.12 bits per heavy atom. The first kappa shape index (κ1) is 17.5. The number of aromatic nitrogens is 4. The lowest BCUT2D eigenvalue weighted by atomic mass is 9.97. The van der Waals surface area contributed by atoms with Gasteiger partial charge in [0.15, 0.2) is 0 Å². The molecule has 25 heavy (non-hydrogen) atoms. The van der Waals surface area contributed by atoms with Crippen molar-refractivity contribution in [2.24, 2.45) is 7.05 Å². The Kier molecular flexibility index (Phi) is 4.60. The highest BCUT2D eigenvalue weighted by molar-refractivity contribution is 5.92. The highest BCUT2D eigenvalue weighted by Crippen LogP contribution is 2.37. The lowest BCUT2D eigenvalue weighted by Gasteiger charge is -2.34. The number of carbonyl (C=O) groups excluding carboxylic acids is 1. The van der Waals surface area contributed by atoms with Crippen LogP contribution in [0.5, 0.6) is 0 Å². The second kappa shape index (κ2) is 6.55. The van der Waals surface area contributed by atoms with E-state index in [-0.39, 0.29) is 11.4 Å². The van der Waals surface area contributed by atoms with Crippen molar-refractivity contribution < 1.29 is 4.79 Å². The van der Waals surface area contributed by atoms with Gasteiger partial charge >= 0.3 is 0 Å². The average molecular weight is 342 g/mol. The molecule has 7 nitrogen and oxygen atoms in total. The molecule has 1 amide bonds. The first-order chi connectivity index (χ1) is 11.8. The van der Waals surface area contributed by atoms with Gasteiger partial charge < -0.3 is 4.90 Å². The first-order valence-electron chi connectivity index (χ1n) is 8.60. The predicted octanol–water partition coefficient (Wildman–Crippen LogP) is 1.73. The maximum absolute atomic E-state index is 12.4. The van der Waals surface area contributed by atoms with Gasteiger partial charge in [0.1, 0.15) is 11.5 Å². The third-order valence-corrected chi connectivity index (χ3v) is 4.88. The molecule has 7 heteroatoms. The Balaban J connectivity index is 1.94. The van der Waals surface area contributed by atoms with Crippen molar-refractivity contribution in [1.29, 1.82) is 0 Å². The average Bonchev–Trinajstić information content (AvgIpc) is 3.13. The van der Waals surface area contributed by atoms with Crippen LogP contribution in [0.4, 0.5) is 0 Å². The summed E-state index contributed by atoms with van der Waals surface area (Å²) in [6.07, 6.45) is 6.00. The number of aryl methyl sites for hydroxylation is 2. The zero-order valence-corrected chi connectivity index (χ0v) is 15.7. The highest BCUT2D eigenvalue weighted by Gasteiger charge is 2.41. The van der Waals surface area contributed by atoms with Crippen molar-refractivity contribution >= 4 is 5.91 Å². The molecule has 2 aromatic rings. The van der Waals surface area contributed by atoms with E-state index in [1.165, 1.54) is 5.56 Å². The van der Waals surface area contributed by atoms with Crippen molar-refractivity contribution in [1.82, 2.24) is 29.5 Å². The molecule has 3 rings (SSSR count). The summed E-state index contributed by atoms with van der Waals surface area (Å²) in [4.78, 5) is 25.6. The number of carbonyl (C=O) groups is 1. The molecule has 1 aliphatic heterocycles. The quantitative estimate of drug-likeness (QED) is 0.846. The smallest absolute Gasteiger partial charge is 0.272 e. The summed E-state index contributed by atoms with van der Waals surface area (Å²) in [5, 5.41) is 4.26. The third kappa shape index (κ3) is 3.42. The second-order valence-electron chi connectivity index (χ2n) is 7.24. The van der Waals surface area contributed by atoms with Gasteiger partial charge in [0.25, 0.3) is 5.91 Å². The number of likely N-dealkylation sites (tertiary alicyclic amines) is 1. The number of amides is 1. The topological polar surface area (TPSA) is 67.2 Å². The van der Waals surface area contributed by atoms with Crippen LogP contribution in [0.25, 0.3) is 0 Å². The molecule has 0 radical (unpaired) electrons. The molecule has 3 heterocycles. The Hall–Kier alpha value is -2.28. The molecule has 0 bridgehead atoms. The van der Waals surface area contributed by atoms with E-state index in [1.807, 2.05) is 31.0 Å². The predicted molar refractivity (Wildman–Crippen MR) is 95.0 cm³/mol. The van der Waals surface area contributed by atoms with Crippen LogP contribution < -0.4 is 0 Å². The maximum atomic E-state index is 12.4. The van der Waals surface area contributed by atoms with Crippen LogP contribution in [-0.4, -0.2) is 56.1 Å². The van der Waals surface area contributed by atoms with Crippen LogP contribution in [0.15, 0.2) is 18.5 Å². The molecule has 0 saturated carbocycles. The Morgan fingerprint density at radius 1 is 1.36 bits per heavy atom. The molecule has 1 fully saturated rings. The molecule has 0 N–H and O–H groups in total. The molecule has 0 spiro atoms. The zero-order chi connectivity index (χ0) is 18.2. The number of hydrogen-bond donors (Lipinski definition) is 0. The standard InChI is InChI=1S/C18H26N6O/c1-13-9-15(16(25)22(3)4)21-17(20-13)18(2)7-6-8-24(18)12-14-10-19-23(5)11-14/h9-11H,6-8,12H2,1-5H3/t18-/m0/s1. The van der Waals surface area contributed by atoms with E-state index in [1.54, 1.807) is 25.1 Å². The van der Waals surface area contributed by atoms with Crippen LogP contribution in [0, 0.1) is 6.92 Å². The Labute approximate surface area is 148 Å². The van der Waals surface area contributed by atoms with E-state index in [0.29, 0.717) is 5.69 Å². The largest absolute Gasteiger partial charge is 0.343 e. The van der Waals surface area contributed by atoms with E-state index in [2.05, 4.69) is 26.9 Å². The molecule has 1 aliphatic rings. The van der Waals surface area contributed by atoms with Crippen molar-refractivity contribution in [3.63, 3.8) is 0 Å². The fourth-order valence-electron chi connectivity index (χ4n) is 3.45. The van der Waals surface area contributed by atoms with Crippen LogP contribution >= 0.6 is 0 Å². The van der Waals surface area contributed by atoms with Gasteiger partial charge in [-0.25, -0.2) is 9.97 Å². The monoisotopic (exact) mass is 342 g/mol. The molecule has 1 saturated heterocycles. The third-order valence-electron chi connectivity index (χ3n) is 4.88. The van der Waals surface area contributed by atoms with Gasteiger partial charge in [0.2, 0.25) is 0 Å². The molecule has 1 atom stereocenters. The molecule has 2 aromatic heterocycles. The van der Waals surface area contributed by atoms with E-state index in [0.717, 1.165) is 37.4 Å². The van der Waals surface area contributed by atoms with Gasteiger partial charge in [-0.05, 0) is 39.3 Å². The Morgan fingerprint density at radius 3 is 2.76 bits per heavy atom. The summed E-state index contributed by atoms with van der Waals surface area (Å²) in [5.41, 5.74) is 2.18. The SMILES string of the molecule is Cc1cc(C(=O)N(C)C)nc([C@]2(C)CCCN2Cc2cnn(C)c2)n1. The van der Waals surface area contributed by atoms with E-state index in [9.17, 15) is 4.79 Å². The van der Waals surface area contributed by atoms with Gasteiger partial charge in [0.05, 0.1) is 11.7 Å². The number of rotatable bonds is 4. The van der Waals surface area contributed by atoms with Crippen molar-refractivity contribution in [3.05, 3.63) is 41.2 Å². The number of hydrogen-bond acceptors (Lipinski definition) is 5. The summed E-state index contributed by atoms with van der Waals surface area (Å²) >= 11 is 0. The van der Waals surface area contributed by atoms with Crippen molar-refractivity contribution in [3.8, 4) is 0 Å². The second-order valence-corrected chi connectivity index (χ2v) is 7.24. The van der Waals surface area contributed by atoms with E-state index < -0.39 is 0 Å². The lowest BCUT2D eigenvalue weighted by Crippen LogP contribution is -2.40. The van der Waals surface area contributed by atoms with Crippen LogP contribution in [0.1, 0.15) is 47.3 Å². The Bertz CT molecular complexity index is 784. The van der Waals surface area contributed by atoms with Gasteiger partial charge in [-0.3, -0.25) is 14.4 Å². The summed E-state index contributed by atoms with van der Waals surface area (Å²) in [6, 6.07) is 1.76. The first-order valence-corrected chi connectivity index (χ1v) is 8.60. The minimum absolute atomic E-state index is 0.0906.